The first-order valence-electron chi connectivity index (χ1n) is 7.56. The van der Waals surface area contributed by atoms with Crippen LogP contribution in [-0.2, 0) is 4.74 Å². The smallest absolute Gasteiger partial charge is 0.161 e. The molecule has 0 bridgehead atoms. The van der Waals surface area contributed by atoms with E-state index in [0.29, 0.717) is 12.1 Å². The maximum atomic E-state index is 5.76. The van der Waals surface area contributed by atoms with Gasteiger partial charge in [0.25, 0.3) is 0 Å². The molecule has 1 fully saturated rings. The molecule has 3 rings (SSSR count). The first-order chi connectivity index (χ1) is 9.83. The van der Waals surface area contributed by atoms with E-state index in [1.165, 1.54) is 5.56 Å². The summed E-state index contributed by atoms with van der Waals surface area (Å²) in [7, 11) is 0. The number of hydrogen-bond acceptors (Lipinski definition) is 4. The van der Waals surface area contributed by atoms with E-state index in [-0.39, 0.29) is 0 Å². The molecule has 0 radical (unpaired) electrons. The minimum absolute atomic E-state index is 0.315. The largest absolute Gasteiger partial charge is 0.490 e. The summed E-state index contributed by atoms with van der Waals surface area (Å²) in [5.41, 5.74) is 1.25. The van der Waals surface area contributed by atoms with Gasteiger partial charge in [0.05, 0.1) is 13.2 Å². The third kappa shape index (κ3) is 3.25. The molecular weight excluding hydrogens is 254 g/mol. The third-order valence-electron chi connectivity index (χ3n) is 3.98. The standard InChI is InChI=1S/C16H23NO3/c1-12(17-14-5-9-18-10-6-14)13-3-4-15-16(11-13)20-8-2-7-19-15/h3-4,11-12,14,17H,2,5-10H2,1H3. The second kappa shape index (κ2) is 6.46. The lowest BCUT2D eigenvalue weighted by atomic mass is 10.0. The molecule has 1 aromatic rings. The number of benzene rings is 1. The summed E-state index contributed by atoms with van der Waals surface area (Å²) in [6, 6.07) is 7.13. The normalized spacial score (nSPS) is 21.2. The predicted octanol–water partition coefficient (Wildman–Crippen LogP) is 2.68. The van der Waals surface area contributed by atoms with Crippen molar-refractivity contribution in [2.45, 2.75) is 38.3 Å². The van der Waals surface area contributed by atoms with Gasteiger partial charge in [0.15, 0.2) is 11.5 Å². The maximum Gasteiger partial charge on any atom is 0.161 e. The summed E-state index contributed by atoms with van der Waals surface area (Å²) >= 11 is 0. The molecule has 1 saturated heterocycles. The molecule has 1 unspecified atom stereocenters. The molecule has 0 aromatic heterocycles. The second-order valence-corrected chi connectivity index (χ2v) is 5.53. The van der Waals surface area contributed by atoms with Crippen molar-refractivity contribution in [2.24, 2.45) is 0 Å². The number of fused-ring (bicyclic) bond motifs is 1. The quantitative estimate of drug-likeness (QED) is 0.922. The van der Waals surface area contributed by atoms with E-state index in [1.807, 2.05) is 6.07 Å². The minimum Gasteiger partial charge on any atom is -0.490 e. The number of nitrogens with one attached hydrogen (secondary N) is 1. The molecule has 0 amide bonds. The summed E-state index contributed by atoms with van der Waals surface area (Å²) in [5.74, 6) is 1.74. The van der Waals surface area contributed by atoms with Gasteiger partial charge in [0, 0.05) is 31.7 Å². The van der Waals surface area contributed by atoms with E-state index in [9.17, 15) is 0 Å². The van der Waals surface area contributed by atoms with Crippen LogP contribution in [0, 0.1) is 0 Å². The van der Waals surface area contributed by atoms with Crippen LogP contribution in [-0.4, -0.2) is 32.5 Å². The van der Waals surface area contributed by atoms with E-state index < -0.39 is 0 Å². The topological polar surface area (TPSA) is 39.7 Å². The van der Waals surface area contributed by atoms with Crippen LogP contribution < -0.4 is 14.8 Å². The Labute approximate surface area is 120 Å². The first kappa shape index (κ1) is 13.7. The van der Waals surface area contributed by atoms with Gasteiger partial charge in [0.2, 0.25) is 0 Å². The van der Waals surface area contributed by atoms with Crippen LogP contribution in [0.5, 0.6) is 11.5 Å². The summed E-state index contributed by atoms with van der Waals surface area (Å²) in [4.78, 5) is 0. The Balaban J connectivity index is 1.67. The van der Waals surface area contributed by atoms with Gasteiger partial charge < -0.3 is 19.5 Å². The van der Waals surface area contributed by atoms with Gasteiger partial charge in [0.1, 0.15) is 0 Å². The van der Waals surface area contributed by atoms with Crippen LogP contribution in [0.3, 0.4) is 0 Å². The monoisotopic (exact) mass is 277 g/mol. The van der Waals surface area contributed by atoms with Crippen molar-refractivity contribution in [3.05, 3.63) is 23.8 Å². The maximum absolute atomic E-state index is 5.76. The highest BCUT2D eigenvalue weighted by Gasteiger charge is 2.18. The molecule has 4 heteroatoms. The van der Waals surface area contributed by atoms with Gasteiger partial charge in [-0.05, 0) is 37.5 Å². The first-order valence-corrected chi connectivity index (χ1v) is 7.56. The van der Waals surface area contributed by atoms with Crippen molar-refractivity contribution >= 4 is 0 Å². The molecule has 2 heterocycles. The Kier molecular flexibility index (Phi) is 4.43. The molecule has 1 aromatic carbocycles. The Morgan fingerprint density at radius 2 is 1.80 bits per heavy atom. The average Bonchev–Trinajstić information content (AvgIpc) is 2.72. The molecule has 110 valence electrons. The van der Waals surface area contributed by atoms with Gasteiger partial charge in [-0.25, -0.2) is 0 Å². The molecule has 2 aliphatic rings. The van der Waals surface area contributed by atoms with Gasteiger partial charge in [-0.15, -0.1) is 0 Å². The van der Waals surface area contributed by atoms with Gasteiger partial charge >= 0.3 is 0 Å². The molecule has 0 saturated carbocycles. The van der Waals surface area contributed by atoms with E-state index in [4.69, 9.17) is 14.2 Å². The fraction of sp³-hybridized carbons (Fsp3) is 0.625. The van der Waals surface area contributed by atoms with E-state index in [0.717, 1.165) is 57.2 Å². The minimum atomic E-state index is 0.315. The zero-order chi connectivity index (χ0) is 13.8. The lowest BCUT2D eigenvalue weighted by Crippen LogP contribution is -2.36. The zero-order valence-electron chi connectivity index (χ0n) is 12.1. The van der Waals surface area contributed by atoms with E-state index in [1.54, 1.807) is 0 Å². The van der Waals surface area contributed by atoms with E-state index >= 15 is 0 Å². The average molecular weight is 277 g/mol. The van der Waals surface area contributed by atoms with Crippen LogP contribution in [0.25, 0.3) is 0 Å². The fourth-order valence-electron chi connectivity index (χ4n) is 2.76. The SMILES string of the molecule is CC(NC1CCOCC1)c1ccc2c(c1)OCCCO2. The summed E-state index contributed by atoms with van der Waals surface area (Å²) in [6.07, 6.45) is 3.13. The number of hydrogen-bond donors (Lipinski definition) is 1. The van der Waals surface area contributed by atoms with Crippen LogP contribution >= 0.6 is 0 Å². The predicted molar refractivity (Wildman–Crippen MR) is 77.4 cm³/mol. The third-order valence-corrected chi connectivity index (χ3v) is 3.98. The second-order valence-electron chi connectivity index (χ2n) is 5.53. The van der Waals surface area contributed by atoms with Crippen molar-refractivity contribution in [2.75, 3.05) is 26.4 Å². The van der Waals surface area contributed by atoms with Gasteiger partial charge in [-0.2, -0.15) is 0 Å². The summed E-state index contributed by atoms with van der Waals surface area (Å²) in [5, 5.41) is 3.68. The molecular formula is C16H23NO3. The Bertz CT molecular complexity index is 443. The van der Waals surface area contributed by atoms with E-state index in [2.05, 4.69) is 24.4 Å². The van der Waals surface area contributed by atoms with Crippen molar-refractivity contribution in [3.8, 4) is 11.5 Å². The zero-order valence-corrected chi connectivity index (χ0v) is 12.1. The van der Waals surface area contributed by atoms with Crippen LogP contribution in [0.4, 0.5) is 0 Å². The van der Waals surface area contributed by atoms with Crippen molar-refractivity contribution in [3.63, 3.8) is 0 Å². The Hall–Kier alpha value is -1.26. The van der Waals surface area contributed by atoms with Crippen molar-refractivity contribution < 1.29 is 14.2 Å². The van der Waals surface area contributed by atoms with Crippen molar-refractivity contribution in [1.82, 2.24) is 5.32 Å². The van der Waals surface area contributed by atoms with Crippen LogP contribution in [0.1, 0.15) is 37.8 Å². The summed E-state index contributed by atoms with van der Waals surface area (Å²) < 4.78 is 16.8. The molecule has 20 heavy (non-hydrogen) atoms. The molecule has 4 nitrogen and oxygen atoms in total. The molecule has 0 spiro atoms. The number of rotatable bonds is 3. The highest BCUT2D eigenvalue weighted by Crippen LogP contribution is 2.32. The highest BCUT2D eigenvalue weighted by molar-refractivity contribution is 5.44. The Morgan fingerprint density at radius 1 is 1.05 bits per heavy atom. The van der Waals surface area contributed by atoms with Gasteiger partial charge in [-0.3, -0.25) is 0 Å². The Morgan fingerprint density at radius 3 is 2.60 bits per heavy atom. The molecule has 1 atom stereocenters. The highest BCUT2D eigenvalue weighted by atomic mass is 16.5. The molecule has 1 N–H and O–H groups in total. The lowest BCUT2D eigenvalue weighted by Gasteiger charge is -2.27. The van der Waals surface area contributed by atoms with Gasteiger partial charge in [-0.1, -0.05) is 6.07 Å². The molecule has 0 aliphatic carbocycles. The fourth-order valence-corrected chi connectivity index (χ4v) is 2.76. The lowest BCUT2D eigenvalue weighted by molar-refractivity contribution is 0.0754. The summed E-state index contributed by atoms with van der Waals surface area (Å²) in [6.45, 7) is 5.41. The van der Waals surface area contributed by atoms with Crippen molar-refractivity contribution in [1.29, 1.82) is 0 Å². The van der Waals surface area contributed by atoms with Crippen LogP contribution in [0.2, 0.25) is 0 Å². The van der Waals surface area contributed by atoms with Crippen LogP contribution in [0.15, 0.2) is 18.2 Å². The molecule has 2 aliphatic heterocycles. The number of ether oxygens (including phenoxy) is 3.